The number of piperidine rings is 1. The van der Waals surface area contributed by atoms with Crippen LogP contribution in [0.25, 0.3) is 0 Å². The number of nitrogens with zero attached hydrogens (tertiary/aromatic N) is 4. The van der Waals surface area contributed by atoms with Crippen LogP contribution >= 0.6 is 35.3 Å². The molecule has 3 rings (SSSR count). The van der Waals surface area contributed by atoms with E-state index < -0.39 is 0 Å². The molecule has 2 aromatic heterocycles. The molecule has 0 atom stereocenters. The summed E-state index contributed by atoms with van der Waals surface area (Å²) >= 11 is 1.74. The van der Waals surface area contributed by atoms with E-state index in [1.807, 2.05) is 32.3 Å². The van der Waals surface area contributed by atoms with Gasteiger partial charge in [0.2, 0.25) is 0 Å². The lowest BCUT2D eigenvalue weighted by Crippen LogP contribution is -2.48. The zero-order chi connectivity index (χ0) is 17.6. The molecule has 26 heavy (non-hydrogen) atoms. The van der Waals surface area contributed by atoms with E-state index in [0.717, 1.165) is 55.0 Å². The fraction of sp³-hybridized carbons (Fsp3) is 0.500. The molecule has 0 aliphatic carbocycles. The lowest BCUT2D eigenvalue weighted by Gasteiger charge is -2.33. The summed E-state index contributed by atoms with van der Waals surface area (Å²) in [5, 5.41) is 8.07. The normalized spacial score (nSPS) is 15.5. The topological polar surface area (TPSA) is 65.4 Å². The van der Waals surface area contributed by atoms with Gasteiger partial charge in [0.15, 0.2) is 5.96 Å². The number of nitrogens with one attached hydrogen (secondary N) is 2. The number of rotatable bonds is 4. The summed E-state index contributed by atoms with van der Waals surface area (Å²) in [5.41, 5.74) is 1.11. The van der Waals surface area contributed by atoms with Gasteiger partial charge in [-0.25, -0.2) is 9.97 Å². The first kappa shape index (κ1) is 20.9. The molecule has 0 radical (unpaired) electrons. The largest absolute Gasteiger partial charge is 0.356 e. The van der Waals surface area contributed by atoms with Crippen LogP contribution in [0.5, 0.6) is 0 Å². The van der Waals surface area contributed by atoms with E-state index in [-0.39, 0.29) is 24.0 Å². The Bertz CT molecular complexity index is 710. The maximum Gasteiger partial charge on any atom is 0.191 e. The predicted molar refractivity (Wildman–Crippen MR) is 120 cm³/mol. The number of hydrogen-bond donors (Lipinski definition) is 2. The predicted octanol–water partition coefficient (Wildman–Crippen LogP) is 3.11. The molecule has 1 fully saturated rings. The molecule has 0 bridgehead atoms. The fourth-order valence-corrected chi connectivity index (χ4v) is 3.96. The Morgan fingerprint density at radius 3 is 2.65 bits per heavy atom. The van der Waals surface area contributed by atoms with Crippen molar-refractivity contribution in [2.24, 2.45) is 4.99 Å². The van der Waals surface area contributed by atoms with Crippen LogP contribution in [0.15, 0.2) is 29.4 Å². The lowest BCUT2D eigenvalue weighted by atomic mass is 10.1. The second-order valence-electron chi connectivity index (χ2n) is 6.26. The maximum absolute atomic E-state index is 4.47. The summed E-state index contributed by atoms with van der Waals surface area (Å²) in [4.78, 5) is 16.9. The van der Waals surface area contributed by atoms with Gasteiger partial charge in [-0.15, -0.1) is 35.3 Å². The quantitative estimate of drug-likeness (QED) is 0.395. The minimum atomic E-state index is 0. The van der Waals surface area contributed by atoms with Crippen molar-refractivity contribution in [1.82, 2.24) is 20.6 Å². The Labute approximate surface area is 176 Å². The van der Waals surface area contributed by atoms with Crippen LogP contribution in [0.3, 0.4) is 0 Å². The Kier molecular flexibility index (Phi) is 8.08. The van der Waals surface area contributed by atoms with Crippen molar-refractivity contribution < 1.29 is 0 Å². The lowest BCUT2D eigenvalue weighted by molar-refractivity contribution is 0.459. The summed E-state index contributed by atoms with van der Waals surface area (Å²) in [5.74, 6) is 1.93. The highest BCUT2D eigenvalue weighted by Crippen LogP contribution is 2.18. The summed E-state index contributed by atoms with van der Waals surface area (Å²) in [6.45, 7) is 6.90. The molecule has 2 aromatic rings. The fourth-order valence-electron chi connectivity index (χ4n) is 3.08. The van der Waals surface area contributed by atoms with E-state index in [1.165, 1.54) is 4.88 Å². The molecule has 0 amide bonds. The summed E-state index contributed by atoms with van der Waals surface area (Å²) < 4.78 is 0. The van der Waals surface area contributed by atoms with Crippen LogP contribution in [0.4, 0.5) is 5.82 Å². The molecule has 3 heterocycles. The second-order valence-corrected chi connectivity index (χ2v) is 7.55. The minimum Gasteiger partial charge on any atom is -0.356 e. The van der Waals surface area contributed by atoms with Gasteiger partial charge in [-0.1, -0.05) is 6.07 Å². The number of thiazole rings is 1. The van der Waals surface area contributed by atoms with Gasteiger partial charge >= 0.3 is 0 Å². The third-order valence-corrected chi connectivity index (χ3v) is 5.52. The van der Waals surface area contributed by atoms with Gasteiger partial charge in [0, 0.05) is 37.3 Å². The van der Waals surface area contributed by atoms with Gasteiger partial charge in [0.1, 0.15) is 5.82 Å². The van der Waals surface area contributed by atoms with Crippen LogP contribution in [0, 0.1) is 13.8 Å². The molecular formula is C18H27IN6S. The van der Waals surface area contributed by atoms with E-state index in [0.29, 0.717) is 6.04 Å². The number of pyridine rings is 1. The molecule has 0 saturated carbocycles. The number of aromatic nitrogens is 2. The van der Waals surface area contributed by atoms with E-state index in [2.05, 4.69) is 43.5 Å². The van der Waals surface area contributed by atoms with Crippen molar-refractivity contribution in [2.45, 2.75) is 39.3 Å². The molecule has 2 N–H and O–H groups in total. The van der Waals surface area contributed by atoms with Crippen LogP contribution in [0.2, 0.25) is 0 Å². The van der Waals surface area contributed by atoms with Crippen molar-refractivity contribution in [1.29, 1.82) is 0 Å². The maximum atomic E-state index is 4.47. The number of aryl methyl sites for hydroxylation is 2. The first-order valence-corrected chi connectivity index (χ1v) is 9.53. The molecule has 0 aromatic carbocycles. The number of guanidine groups is 1. The van der Waals surface area contributed by atoms with Crippen LogP contribution in [-0.4, -0.2) is 42.1 Å². The molecular weight excluding hydrogens is 459 g/mol. The zero-order valence-corrected chi connectivity index (χ0v) is 18.7. The SMILES string of the molecule is CN=C(NCc1sc(C)nc1C)NC1CCN(c2ccccn2)CC1.I. The van der Waals surface area contributed by atoms with Crippen LogP contribution in [-0.2, 0) is 6.54 Å². The molecule has 1 saturated heterocycles. The Morgan fingerprint density at radius 1 is 1.31 bits per heavy atom. The van der Waals surface area contributed by atoms with Crippen LogP contribution in [0.1, 0.15) is 28.4 Å². The highest BCUT2D eigenvalue weighted by molar-refractivity contribution is 14.0. The van der Waals surface area contributed by atoms with Gasteiger partial charge in [-0.05, 0) is 38.8 Å². The molecule has 0 unspecified atom stereocenters. The first-order chi connectivity index (χ1) is 12.2. The van der Waals surface area contributed by atoms with Crippen molar-refractivity contribution in [3.05, 3.63) is 40.0 Å². The molecule has 1 aliphatic heterocycles. The first-order valence-electron chi connectivity index (χ1n) is 8.72. The molecule has 1 aliphatic rings. The van der Waals surface area contributed by atoms with Gasteiger partial charge in [0.25, 0.3) is 0 Å². The molecule has 6 nitrogen and oxygen atoms in total. The summed E-state index contributed by atoms with van der Waals surface area (Å²) in [6.07, 6.45) is 4.01. The van der Waals surface area contributed by atoms with Gasteiger partial charge in [0.05, 0.1) is 17.2 Å². The van der Waals surface area contributed by atoms with E-state index >= 15 is 0 Å². The minimum absolute atomic E-state index is 0. The zero-order valence-electron chi connectivity index (χ0n) is 15.5. The molecule has 8 heteroatoms. The third kappa shape index (κ3) is 5.54. The van der Waals surface area contributed by atoms with Crippen molar-refractivity contribution >= 4 is 47.1 Å². The highest BCUT2D eigenvalue weighted by Gasteiger charge is 2.20. The summed E-state index contributed by atoms with van der Waals surface area (Å²) in [6, 6.07) is 6.52. The Morgan fingerprint density at radius 2 is 2.08 bits per heavy atom. The van der Waals surface area contributed by atoms with Crippen LogP contribution < -0.4 is 15.5 Å². The second kappa shape index (κ2) is 10.1. The van der Waals surface area contributed by atoms with Crippen molar-refractivity contribution in [3.8, 4) is 0 Å². The smallest absolute Gasteiger partial charge is 0.191 e. The number of anilines is 1. The molecule has 142 valence electrons. The van der Waals surface area contributed by atoms with Crippen molar-refractivity contribution in [3.63, 3.8) is 0 Å². The van der Waals surface area contributed by atoms with Gasteiger partial charge < -0.3 is 15.5 Å². The standard InChI is InChI=1S/C18H26N6S.HI/c1-13-16(25-14(2)22-13)12-21-18(19-3)23-15-7-10-24(11-8-15)17-6-4-5-9-20-17;/h4-6,9,15H,7-8,10-12H2,1-3H3,(H2,19,21,23);1H. The van der Waals surface area contributed by atoms with E-state index in [9.17, 15) is 0 Å². The average Bonchev–Trinajstić information content (AvgIpc) is 2.97. The molecule has 0 spiro atoms. The average molecular weight is 486 g/mol. The van der Waals surface area contributed by atoms with E-state index in [1.54, 1.807) is 11.3 Å². The Balaban J connectivity index is 0.00000243. The monoisotopic (exact) mass is 486 g/mol. The van der Waals surface area contributed by atoms with E-state index in [4.69, 9.17) is 0 Å². The summed E-state index contributed by atoms with van der Waals surface area (Å²) in [7, 11) is 1.82. The van der Waals surface area contributed by atoms with Gasteiger partial charge in [-0.3, -0.25) is 4.99 Å². The van der Waals surface area contributed by atoms with Gasteiger partial charge in [-0.2, -0.15) is 0 Å². The number of halogens is 1. The Hall–Kier alpha value is -1.42. The third-order valence-electron chi connectivity index (χ3n) is 4.45. The van der Waals surface area contributed by atoms with Crippen molar-refractivity contribution in [2.75, 3.05) is 25.0 Å². The number of hydrogen-bond acceptors (Lipinski definition) is 5. The number of aliphatic imine (C=N–C) groups is 1. The highest BCUT2D eigenvalue weighted by atomic mass is 127.